The number of hydrogen-bond acceptors (Lipinski definition) is 2. The molecule has 1 aliphatic rings. The van der Waals surface area contributed by atoms with Gasteiger partial charge in [0.2, 0.25) is 0 Å². The highest BCUT2D eigenvalue weighted by Gasteiger charge is 2.25. The first-order valence-corrected chi connectivity index (χ1v) is 4.76. The summed E-state index contributed by atoms with van der Waals surface area (Å²) in [6.45, 7) is 0.454. The first-order chi connectivity index (χ1) is 6.24. The molecule has 3 nitrogen and oxygen atoms in total. The van der Waals surface area contributed by atoms with E-state index in [1.54, 1.807) is 0 Å². The van der Waals surface area contributed by atoms with E-state index in [-0.39, 0.29) is 6.67 Å². The van der Waals surface area contributed by atoms with Crippen LogP contribution in [0.25, 0.3) is 0 Å². The first-order valence-electron chi connectivity index (χ1n) is 4.76. The van der Waals surface area contributed by atoms with E-state index in [4.69, 9.17) is 5.11 Å². The summed E-state index contributed by atoms with van der Waals surface area (Å²) in [5.41, 5.74) is 0. The van der Waals surface area contributed by atoms with Gasteiger partial charge in [0.15, 0.2) is 0 Å². The molecule has 1 heterocycles. The molecule has 1 fully saturated rings. The second-order valence-electron chi connectivity index (χ2n) is 3.57. The standard InChI is InChI=1S/C9H16FNO2/c10-4-1-2-7-3-5-11-8(6-7)9(12)13/h7-8,11H,1-6H2,(H,12,13). The zero-order valence-electron chi connectivity index (χ0n) is 7.63. The Balaban J connectivity index is 2.29. The van der Waals surface area contributed by atoms with Crippen LogP contribution in [0.15, 0.2) is 0 Å². The SMILES string of the molecule is O=C(O)C1CC(CCCF)CCN1. The lowest BCUT2D eigenvalue weighted by Crippen LogP contribution is -2.43. The van der Waals surface area contributed by atoms with E-state index < -0.39 is 12.0 Å². The zero-order chi connectivity index (χ0) is 9.68. The van der Waals surface area contributed by atoms with Crippen LogP contribution in [0, 0.1) is 5.92 Å². The Morgan fingerprint density at radius 3 is 3.00 bits per heavy atom. The average molecular weight is 189 g/mol. The van der Waals surface area contributed by atoms with E-state index in [9.17, 15) is 9.18 Å². The minimum atomic E-state index is -0.787. The Morgan fingerprint density at radius 1 is 1.62 bits per heavy atom. The largest absolute Gasteiger partial charge is 0.480 e. The molecule has 0 bridgehead atoms. The number of carbonyl (C=O) groups is 1. The molecule has 0 radical (unpaired) electrons. The molecule has 1 rings (SSSR count). The topological polar surface area (TPSA) is 49.3 Å². The van der Waals surface area contributed by atoms with E-state index in [0.717, 1.165) is 19.4 Å². The van der Waals surface area contributed by atoms with Crippen molar-refractivity contribution >= 4 is 5.97 Å². The first kappa shape index (κ1) is 10.4. The van der Waals surface area contributed by atoms with Gasteiger partial charge in [0.05, 0.1) is 6.67 Å². The number of aliphatic carboxylic acids is 1. The zero-order valence-corrected chi connectivity index (χ0v) is 7.63. The smallest absolute Gasteiger partial charge is 0.320 e. The van der Waals surface area contributed by atoms with Gasteiger partial charge in [-0.1, -0.05) is 0 Å². The van der Waals surface area contributed by atoms with Crippen LogP contribution in [0.1, 0.15) is 25.7 Å². The predicted octanol–water partition coefficient (Wildman–Crippen LogP) is 1.19. The van der Waals surface area contributed by atoms with Gasteiger partial charge in [0.1, 0.15) is 6.04 Å². The highest BCUT2D eigenvalue weighted by Crippen LogP contribution is 2.21. The maximum absolute atomic E-state index is 11.9. The molecular formula is C9H16FNO2. The molecule has 0 aromatic carbocycles. The number of alkyl halides is 1. The molecule has 0 aromatic rings. The average Bonchev–Trinajstić information content (AvgIpc) is 2.15. The van der Waals surface area contributed by atoms with Crippen LogP contribution < -0.4 is 5.32 Å². The Labute approximate surface area is 77.3 Å². The summed E-state index contributed by atoms with van der Waals surface area (Å²) in [7, 11) is 0. The monoisotopic (exact) mass is 189 g/mol. The molecule has 2 unspecified atom stereocenters. The number of hydrogen-bond donors (Lipinski definition) is 2. The van der Waals surface area contributed by atoms with Crippen molar-refractivity contribution in [3.8, 4) is 0 Å². The van der Waals surface area contributed by atoms with E-state index in [0.29, 0.717) is 18.8 Å². The van der Waals surface area contributed by atoms with Crippen molar-refractivity contribution in [3.05, 3.63) is 0 Å². The number of carboxylic acids is 1. The van der Waals surface area contributed by atoms with Gasteiger partial charge >= 0.3 is 5.97 Å². The highest BCUT2D eigenvalue weighted by molar-refractivity contribution is 5.73. The Hall–Kier alpha value is -0.640. The van der Waals surface area contributed by atoms with E-state index in [1.165, 1.54) is 0 Å². The third kappa shape index (κ3) is 3.30. The molecule has 0 aliphatic carbocycles. The maximum atomic E-state index is 11.9. The number of carboxylic acid groups (broad SMARTS) is 1. The molecule has 0 amide bonds. The van der Waals surface area contributed by atoms with Crippen molar-refractivity contribution in [2.24, 2.45) is 5.92 Å². The summed E-state index contributed by atoms with van der Waals surface area (Å²) in [6.07, 6.45) is 3.01. The van der Waals surface area contributed by atoms with Gasteiger partial charge in [-0.05, 0) is 38.1 Å². The molecule has 1 aliphatic heterocycles. The third-order valence-electron chi connectivity index (χ3n) is 2.56. The fourth-order valence-corrected chi connectivity index (χ4v) is 1.81. The Morgan fingerprint density at radius 2 is 2.38 bits per heavy atom. The molecule has 2 atom stereocenters. The van der Waals surface area contributed by atoms with Gasteiger partial charge in [-0.3, -0.25) is 9.18 Å². The third-order valence-corrected chi connectivity index (χ3v) is 2.56. The van der Waals surface area contributed by atoms with E-state index in [2.05, 4.69) is 5.32 Å². The van der Waals surface area contributed by atoms with E-state index in [1.807, 2.05) is 0 Å². The Kier molecular flexibility index (Phi) is 4.15. The minimum absolute atomic E-state index is 0.290. The van der Waals surface area contributed by atoms with Gasteiger partial charge in [-0.2, -0.15) is 0 Å². The van der Waals surface area contributed by atoms with Crippen molar-refractivity contribution < 1.29 is 14.3 Å². The van der Waals surface area contributed by atoms with Gasteiger partial charge in [-0.25, -0.2) is 0 Å². The summed E-state index contributed by atoms with van der Waals surface area (Å²) < 4.78 is 11.9. The van der Waals surface area contributed by atoms with Crippen molar-refractivity contribution in [1.29, 1.82) is 0 Å². The van der Waals surface area contributed by atoms with Crippen LogP contribution in [0.3, 0.4) is 0 Å². The predicted molar refractivity (Wildman–Crippen MR) is 47.4 cm³/mol. The van der Waals surface area contributed by atoms with Crippen LogP contribution in [0.4, 0.5) is 4.39 Å². The second kappa shape index (κ2) is 5.17. The quantitative estimate of drug-likeness (QED) is 0.698. The number of piperidine rings is 1. The van der Waals surface area contributed by atoms with Crippen molar-refractivity contribution in [3.63, 3.8) is 0 Å². The molecule has 76 valence electrons. The molecule has 0 spiro atoms. The fraction of sp³-hybridized carbons (Fsp3) is 0.889. The second-order valence-corrected chi connectivity index (χ2v) is 3.57. The van der Waals surface area contributed by atoms with Gasteiger partial charge in [-0.15, -0.1) is 0 Å². The number of nitrogens with one attached hydrogen (secondary N) is 1. The van der Waals surface area contributed by atoms with Crippen LogP contribution in [-0.2, 0) is 4.79 Å². The van der Waals surface area contributed by atoms with Crippen LogP contribution >= 0.6 is 0 Å². The maximum Gasteiger partial charge on any atom is 0.320 e. The fourth-order valence-electron chi connectivity index (χ4n) is 1.81. The summed E-state index contributed by atoms with van der Waals surface area (Å²) in [5.74, 6) is -0.400. The van der Waals surface area contributed by atoms with Crippen molar-refractivity contribution in [1.82, 2.24) is 5.32 Å². The summed E-state index contributed by atoms with van der Waals surface area (Å²) in [4.78, 5) is 10.6. The lowest BCUT2D eigenvalue weighted by Gasteiger charge is -2.27. The summed E-state index contributed by atoms with van der Waals surface area (Å²) in [5, 5.41) is 11.7. The molecular weight excluding hydrogens is 173 g/mol. The van der Waals surface area contributed by atoms with Crippen molar-refractivity contribution in [2.75, 3.05) is 13.2 Å². The van der Waals surface area contributed by atoms with Gasteiger partial charge in [0.25, 0.3) is 0 Å². The normalized spacial score (nSPS) is 28.7. The lowest BCUT2D eigenvalue weighted by molar-refractivity contribution is -0.140. The van der Waals surface area contributed by atoms with Crippen LogP contribution in [0.5, 0.6) is 0 Å². The van der Waals surface area contributed by atoms with Crippen molar-refractivity contribution in [2.45, 2.75) is 31.7 Å². The molecule has 1 saturated heterocycles. The van der Waals surface area contributed by atoms with E-state index >= 15 is 0 Å². The molecule has 0 aromatic heterocycles. The van der Waals surface area contributed by atoms with Gasteiger partial charge < -0.3 is 10.4 Å². The minimum Gasteiger partial charge on any atom is -0.480 e. The molecule has 13 heavy (non-hydrogen) atoms. The highest BCUT2D eigenvalue weighted by atomic mass is 19.1. The number of halogens is 1. The Bertz CT molecular complexity index is 175. The molecule has 0 saturated carbocycles. The summed E-state index contributed by atoms with van der Waals surface area (Å²) >= 11 is 0. The lowest BCUT2D eigenvalue weighted by atomic mass is 9.89. The summed E-state index contributed by atoms with van der Waals surface area (Å²) in [6, 6.07) is -0.418. The number of rotatable bonds is 4. The van der Waals surface area contributed by atoms with Crippen LogP contribution in [0.2, 0.25) is 0 Å². The van der Waals surface area contributed by atoms with Crippen LogP contribution in [-0.4, -0.2) is 30.3 Å². The van der Waals surface area contributed by atoms with Gasteiger partial charge in [0, 0.05) is 0 Å². The molecule has 2 N–H and O–H groups in total. The molecule has 4 heteroatoms.